The van der Waals surface area contributed by atoms with Crippen LogP contribution in [0.25, 0.3) is 10.3 Å². The summed E-state index contributed by atoms with van der Waals surface area (Å²) >= 11 is 0.709. The fourth-order valence-corrected chi connectivity index (χ4v) is 3.36. The Balaban J connectivity index is 2.12. The van der Waals surface area contributed by atoms with E-state index < -0.39 is 16.7 Å². The number of rotatable bonds is 5. The zero-order valence-electron chi connectivity index (χ0n) is 11.6. The van der Waals surface area contributed by atoms with Crippen LogP contribution in [0.3, 0.4) is 0 Å². The summed E-state index contributed by atoms with van der Waals surface area (Å²) in [5.74, 6) is 5.39. The normalized spacial score (nSPS) is 20.7. The maximum Gasteiger partial charge on any atom is 0.311 e. The van der Waals surface area contributed by atoms with Crippen LogP contribution in [0, 0.1) is 10.4 Å². The zero-order valence-corrected chi connectivity index (χ0v) is 12.4. The van der Waals surface area contributed by atoms with Gasteiger partial charge in [-0.2, -0.15) is 20.1 Å². The van der Waals surface area contributed by atoms with E-state index in [4.69, 9.17) is 16.1 Å². The van der Waals surface area contributed by atoms with Gasteiger partial charge in [0.05, 0.1) is 6.10 Å². The Bertz CT molecular complexity index is 885. The van der Waals surface area contributed by atoms with Crippen LogP contribution >= 0.6 is 11.3 Å². The van der Waals surface area contributed by atoms with Gasteiger partial charge in [-0.05, 0) is 12.8 Å². The molecular weight excluding hydrogens is 328 g/mol. The second-order valence-electron chi connectivity index (χ2n) is 4.83. The first-order valence-electron chi connectivity index (χ1n) is 6.57. The maximum absolute atomic E-state index is 12.2. The molecule has 2 atom stereocenters. The second kappa shape index (κ2) is 5.85. The molecule has 2 aromatic heterocycles. The van der Waals surface area contributed by atoms with Gasteiger partial charge in [-0.15, -0.1) is 0 Å². The molecule has 0 unspecified atom stereocenters. The fraction of sp³-hybridized carbons (Fsp3) is 0.500. The lowest BCUT2D eigenvalue weighted by Gasteiger charge is -2.13. The van der Waals surface area contributed by atoms with Gasteiger partial charge in [0.25, 0.3) is 5.56 Å². The molecule has 1 aliphatic rings. The number of aromatic nitrogens is 3. The van der Waals surface area contributed by atoms with Crippen molar-refractivity contribution >= 4 is 27.6 Å². The van der Waals surface area contributed by atoms with E-state index in [-0.39, 0.29) is 28.9 Å². The van der Waals surface area contributed by atoms with Crippen molar-refractivity contribution in [1.82, 2.24) is 14.2 Å². The number of nitrogens with one attached hydrogen (secondary N) is 2. The van der Waals surface area contributed by atoms with E-state index in [0.29, 0.717) is 28.9 Å². The van der Waals surface area contributed by atoms with Gasteiger partial charge >= 0.3 is 4.87 Å². The molecule has 23 heavy (non-hydrogen) atoms. The zero-order chi connectivity index (χ0) is 16.6. The molecule has 13 heteroatoms. The van der Waals surface area contributed by atoms with Crippen molar-refractivity contribution in [2.45, 2.75) is 25.2 Å². The van der Waals surface area contributed by atoms with Crippen molar-refractivity contribution in [3.8, 4) is 0 Å². The monoisotopic (exact) mass is 340 g/mol. The van der Waals surface area contributed by atoms with Crippen LogP contribution in [0.15, 0.2) is 20.0 Å². The minimum Gasteiger partial charge on any atom is -0.353 e. The maximum atomic E-state index is 12.2. The number of fused-ring (bicyclic) bond motifs is 1. The minimum absolute atomic E-state index is 0.000876. The largest absolute Gasteiger partial charge is 0.353 e. The number of hydrogen-bond acceptors (Lipinski definition) is 10. The predicted octanol–water partition coefficient (Wildman–Crippen LogP) is 0.135. The third-order valence-electron chi connectivity index (χ3n) is 3.48. The van der Waals surface area contributed by atoms with Crippen molar-refractivity contribution in [3.05, 3.63) is 24.9 Å². The lowest BCUT2D eigenvalue weighted by atomic mass is 10.2. The summed E-state index contributed by atoms with van der Waals surface area (Å²) in [6.07, 6.45) is 0.0611. The van der Waals surface area contributed by atoms with Crippen LogP contribution in [-0.2, 0) is 4.74 Å². The van der Waals surface area contributed by atoms with Gasteiger partial charge in [-0.25, -0.2) is 5.43 Å². The molecule has 1 saturated heterocycles. The van der Waals surface area contributed by atoms with Gasteiger partial charge in [-0.1, -0.05) is 21.7 Å². The molecule has 2 aromatic rings. The van der Waals surface area contributed by atoms with Crippen molar-refractivity contribution in [3.63, 3.8) is 0 Å². The van der Waals surface area contributed by atoms with E-state index in [0.717, 1.165) is 0 Å². The van der Waals surface area contributed by atoms with Crippen LogP contribution in [0.4, 0.5) is 5.95 Å². The lowest BCUT2D eigenvalue weighted by molar-refractivity contribution is 0.00782. The number of nitrogens with zero attached hydrogens (tertiary/aromatic N) is 5. The molecule has 0 amide bonds. The van der Waals surface area contributed by atoms with Gasteiger partial charge in [0.1, 0.15) is 17.5 Å². The Morgan fingerprint density at radius 2 is 2.26 bits per heavy atom. The number of nitroso groups, excluding NO2 is 1. The Kier molecular flexibility index (Phi) is 3.87. The number of ether oxygens (including phenoxy) is 1. The summed E-state index contributed by atoms with van der Waals surface area (Å²) in [5.41, 5.74) is 8.43. The van der Waals surface area contributed by atoms with E-state index in [1.54, 1.807) is 0 Å². The number of hydrogen-bond donors (Lipinski definition) is 3. The van der Waals surface area contributed by atoms with Gasteiger partial charge in [-0.3, -0.25) is 14.2 Å². The number of thiazole rings is 1. The molecular formula is C10H12N8O4S. The molecule has 1 aliphatic heterocycles. The Morgan fingerprint density at radius 1 is 1.48 bits per heavy atom. The van der Waals surface area contributed by atoms with Crippen molar-refractivity contribution in [2.24, 2.45) is 10.4 Å². The number of anilines is 1. The predicted molar refractivity (Wildman–Crippen MR) is 80.9 cm³/mol. The molecule has 0 bridgehead atoms. The highest BCUT2D eigenvalue weighted by Gasteiger charge is 2.30. The van der Waals surface area contributed by atoms with E-state index in [1.807, 2.05) is 0 Å². The molecule has 12 nitrogen and oxygen atoms in total. The summed E-state index contributed by atoms with van der Waals surface area (Å²) in [5, 5.41) is 5.71. The topological polar surface area (TPSA) is 170 Å². The third-order valence-corrected chi connectivity index (χ3v) is 4.41. The SMILES string of the molecule is N=NNc1nc2c(sc(=O)n2[C@H]2CC[C@@H](CN=O)O2)c(=O)n1N. The summed E-state index contributed by atoms with van der Waals surface area (Å²) in [7, 11) is 0. The Labute approximate surface area is 131 Å². The van der Waals surface area contributed by atoms with E-state index >= 15 is 0 Å². The highest BCUT2D eigenvalue weighted by Crippen LogP contribution is 2.30. The van der Waals surface area contributed by atoms with E-state index in [2.05, 4.69) is 20.8 Å². The van der Waals surface area contributed by atoms with Crippen LogP contribution in [-0.4, -0.2) is 26.9 Å². The molecule has 3 rings (SSSR count). The minimum atomic E-state index is -0.635. The first-order valence-corrected chi connectivity index (χ1v) is 7.38. The molecule has 122 valence electrons. The van der Waals surface area contributed by atoms with Gasteiger partial charge in [0.15, 0.2) is 5.65 Å². The first kappa shape index (κ1) is 15.2. The Morgan fingerprint density at radius 3 is 2.96 bits per heavy atom. The van der Waals surface area contributed by atoms with Crippen LogP contribution in [0.1, 0.15) is 19.1 Å². The number of nitrogens with two attached hydrogens (primary N) is 1. The summed E-state index contributed by atoms with van der Waals surface area (Å²) in [6.45, 7) is 0.000876. The number of nitrogen functional groups attached to an aromatic ring is 1. The van der Waals surface area contributed by atoms with Crippen molar-refractivity contribution in [1.29, 1.82) is 5.53 Å². The van der Waals surface area contributed by atoms with Crippen LogP contribution < -0.4 is 21.7 Å². The molecule has 0 aliphatic carbocycles. The van der Waals surface area contributed by atoms with Crippen LogP contribution in [0.5, 0.6) is 0 Å². The average molecular weight is 340 g/mol. The third kappa shape index (κ3) is 2.49. The van der Waals surface area contributed by atoms with E-state index in [9.17, 15) is 14.5 Å². The molecule has 0 aromatic carbocycles. The molecule has 3 heterocycles. The first-order chi connectivity index (χ1) is 11.1. The second-order valence-corrected chi connectivity index (χ2v) is 5.79. The molecule has 0 spiro atoms. The molecule has 0 radical (unpaired) electrons. The molecule has 4 N–H and O–H groups in total. The van der Waals surface area contributed by atoms with Gasteiger partial charge in [0, 0.05) is 0 Å². The summed E-state index contributed by atoms with van der Waals surface area (Å²) < 4.78 is 7.62. The fourth-order valence-electron chi connectivity index (χ4n) is 2.46. The highest BCUT2D eigenvalue weighted by atomic mass is 32.1. The smallest absolute Gasteiger partial charge is 0.311 e. The molecule has 1 fully saturated rings. The van der Waals surface area contributed by atoms with Gasteiger partial charge in [0.2, 0.25) is 5.95 Å². The Hall–Kier alpha value is -2.67. The average Bonchev–Trinajstić information content (AvgIpc) is 3.09. The van der Waals surface area contributed by atoms with Gasteiger partial charge < -0.3 is 10.6 Å². The van der Waals surface area contributed by atoms with E-state index in [1.165, 1.54) is 4.57 Å². The van der Waals surface area contributed by atoms with Crippen molar-refractivity contribution < 1.29 is 4.74 Å². The summed E-state index contributed by atoms with van der Waals surface area (Å²) in [6, 6.07) is 0. The summed E-state index contributed by atoms with van der Waals surface area (Å²) in [4.78, 5) is 38.4. The van der Waals surface area contributed by atoms with Crippen LogP contribution in [0.2, 0.25) is 0 Å². The highest BCUT2D eigenvalue weighted by molar-refractivity contribution is 7.16. The quantitative estimate of drug-likeness (QED) is 0.300. The molecule has 0 saturated carbocycles. The lowest BCUT2D eigenvalue weighted by Crippen LogP contribution is -2.30. The van der Waals surface area contributed by atoms with Crippen molar-refractivity contribution in [2.75, 3.05) is 17.8 Å². The standard InChI is InChI=1S/C10H12N8O4S/c11-16-15-9-14-7-6(8(19)18(9)12)23-10(20)17(7)5-2-1-4(22-5)3-13-21/h4-5H,1-3,12H2,(H2,11,14,15)/t4-,5+/m0/s1.